The minimum absolute atomic E-state index is 0.0283. The van der Waals surface area contributed by atoms with Gasteiger partial charge in [-0.15, -0.1) is 0 Å². The molecule has 0 atom stereocenters. The van der Waals surface area contributed by atoms with Crippen LogP contribution >= 0.6 is 23.2 Å². The summed E-state index contributed by atoms with van der Waals surface area (Å²) in [5.41, 5.74) is 2.59. The summed E-state index contributed by atoms with van der Waals surface area (Å²) in [5.74, 6) is -0.577. The number of benzene rings is 1. The van der Waals surface area contributed by atoms with Crippen LogP contribution in [0.4, 0.5) is 0 Å². The maximum absolute atomic E-state index is 12.2. The molecule has 1 heterocycles. The van der Waals surface area contributed by atoms with Crippen LogP contribution in [-0.4, -0.2) is 16.7 Å². The number of nitrogens with zero attached hydrogens (tertiary/aromatic N) is 2. The van der Waals surface area contributed by atoms with Gasteiger partial charge in [-0.1, -0.05) is 29.3 Å². The van der Waals surface area contributed by atoms with Crippen molar-refractivity contribution in [2.75, 3.05) is 0 Å². The first-order valence-corrected chi connectivity index (χ1v) is 7.65. The fourth-order valence-corrected chi connectivity index (χ4v) is 2.37. The van der Waals surface area contributed by atoms with E-state index < -0.39 is 5.91 Å². The summed E-state index contributed by atoms with van der Waals surface area (Å²) in [6.45, 7) is 3.73. The number of halogens is 2. The molecule has 0 aliphatic heterocycles. The van der Waals surface area contributed by atoms with Crippen molar-refractivity contribution in [2.45, 2.75) is 19.9 Å². The highest BCUT2D eigenvalue weighted by Crippen LogP contribution is 2.19. The van der Waals surface area contributed by atoms with Crippen LogP contribution in [0.15, 0.2) is 46.4 Å². The number of rotatable bonds is 4. The molecule has 120 valence electrons. The SMILES string of the molecule is CC(C)n1cccc(C(=O)N/N=C\c2ccc(Cl)cc2Cl)c1=O. The van der Waals surface area contributed by atoms with Gasteiger partial charge < -0.3 is 4.57 Å². The minimum Gasteiger partial charge on any atom is -0.312 e. The van der Waals surface area contributed by atoms with Crippen molar-refractivity contribution in [3.8, 4) is 0 Å². The monoisotopic (exact) mass is 351 g/mol. The summed E-state index contributed by atoms with van der Waals surface area (Å²) in [7, 11) is 0. The molecule has 1 aromatic heterocycles. The second-order valence-electron chi connectivity index (χ2n) is 5.09. The predicted octanol–water partition coefficient (Wildman–Crippen LogP) is 3.50. The van der Waals surface area contributed by atoms with E-state index in [0.29, 0.717) is 15.6 Å². The van der Waals surface area contributed by atoms with E-state index in [1.807, 2.05) is 13.8 Å². The minimum atomic E-state index is -0.577. The molecule has 0 saturated heterocycles. The third-order valence-corrected chi connectivity index (χ3v) is 3.67. The first-order chi connectivity index (χ1) is 10.9. The Morgan fingerprint density at radius 2 is 2.04 bits per heavy atom. The fourth-order valence-electron chi connectivity index (χ4n) is 1.92. The Hall–Kier alpha value is -2.11. The topological polar surface area (TPSA) is 63.5 Å². The van der Waals surface area contributed by atoms with Gasteiger partial charge in [-0.3, -0.25) is 9.59 Å². The van der Waals surface area contributed by atoms with Crippen LogP contribution < -0.4 is 11.0 Å². The average molecular weight is 352 g/mol. The number of carbonyl (C=O) groups is 1. The van der Waals surface area contributed by atoms with E-state index in [1.54, 1.807) is 30.5 Å². The Balaban J connectivity index is 2.15. The zero-order chi connectivity index (χ0) is 17.0. The molecular formula is C16H15Cl2N3O2. The highest BCUT2D eigenvalue weighted by molar-refractivity contribution is 6.36. The van der Waals surface area contributed by atoms with Gasteiger partial charge >= 0.3 is 0 Å². The number of carbonyl (C=O) groups excluding carboxylic acids is 1. The highest BCUT2D eigenvalue weighted by Gasteiger charge is 2.12. The third-order valence-electron chi connectivity index (χ3n) is 3.11. The number of hydrogen-bond donors (Lipinski definition) is 1. The molecule has 0 fully saturated rings. The standard InChI is InChI=1S/C16H15Cl2N3O2/c1-10(2)21-7-3-4-13(16(21)23)15(22)20-19-9-11-5-6-12(17)8-14(11)18/h3-10H,1-2H3,(H,20,22)/b19-9-. The summed E-state index contributed by atoms with van der Waals surface area (Å²) in [6, 6.07) is 7.98. The van der Waals surface area contributed by atoms with Crippen molar-refractivity contribution in [2.24, 2.45) is 5.10 Å². The maximum Gasteiger partial charge on any atom is 0.276 e. The molecule has 2 aromatic rings. The fraction of sp³-hybridized carbons (Fsp3) is 0.188. The van der Waals surface area contributed by atoms with Gasteiger partial charge in [0.25, 0.3) is 11.5 Å². The summed E-state index contributed by atoms with van der Waals surface area (Å²) in [5, 5.41) is 4.75. The Labute approximate surface area is 143 Å². The lowest BCUT2D eigenvalue weighted by Crippen LogP contribution is -2.31. The molecule has 1 amide bonds. The first kappa shape index (κ1) is 17.2. The van der Waals surface area contributed by atoms with Gasteiger partial charge in [0, 0.05) is 22.8 Å². The number of hydrazone groups is 1. The molecule has 1 aromatic carbocycles. The van der Waals surface area contributed by atoms with E-state index in [1.165, 1.54) is 16.8 Å². The Morgan fingerprint density at radius 1 is 1.30 bits per heavy atom. The summed E-state index contributed by atoms with van der Waals surface area (Å²) >= 11 is 11.8. The Bertz CT molecular complexity index is 813. The van der Waals surface area contributed by atoms with Crippen LogP contribution in [0.2, 0.25) is 10.0 Å². The molecule has 0 saturated carbocycles. The molecule has 2 rings (SSSR count). The van der Waals surface area contributed by atoms with Crippen molar-refractivity contribution in [3.63, 3.8) is 0 Å². The molecule has 1 N–H and O–H groups in total. The van der Waals surface area contributed by atoms with Crippen molar-refractivity contribution in [1.82, 2.24) is 9.99 Å². The quantitative estimate of drug-likeness (QED) is 0.676. The van der Waals surface area contributed by atoms with Crippen LogP contribution in [0.5, 0.6) is 0 Å². The van der Waals surface area contributed by atoms with Crippen LogP contribution in [0, 0.1) is 0 Å². The maximum atomic E-state index is 12.2. The molecule has 0 spiro atoms. The molecule has 0 aliphatic carbocycles. The van der Waals surface area contributed by atoms with Gasteiger partial charge in [0.1, 0.15) is 5.56 Å². The van der Waals surface area contributed by atoms with Gasteiger partial charge in [-0.2, -0.15) is 5.10 Å². The summed E-state index contributed by atoms with van der Waals surface area (Å²) < 4.78 is 1.48. The number of pyridine rings is 1. The van der Waals surface area contributed by atoms with Gasteiger partial charge in [-0.05, 0) is 38.1 Å². The van der Waals surface area contributed by atoms with Crippen LogP contribution in [-0.2, 0) is 0 Å². The van der Waals surface area contributed by atoms with E-state index >= 15 is 0 Å². The molecule has 0 unspecified atom stereocenters. The lowest BCUT2D eigenvalue weighted by molar-refractivity contribution is 0.0953. The molecule has 0 radical (unpaired) electrons. The largest absolute Gasteiger partial charge is 0.312 e. The number of aromatic nitrogens is 1. The first-order valence-electron chi connectivity index (χ1n) is 6.89. The van der Waals surface area contributed by atoms with Gasteiger partial charge in [-0.25, -0.2) is 5.43 Å². The average Bonchev–Trinajstić information content (AvgIpc) is 2.49. The van der Waals surface area contributed by atoms with Gasteiger partial charge in [0.15, 0.2) is 0 Å². The Kier molecular flexibility index (Phi) is 5.58. The smallest absolute Gasteiger partial charge is 0.276 e. The van der Waals surface area contributed by atoms with Crippen molar-refractivity contribution in [1.29, 1.82) is 0 Å². The van der Waals surface area contributed by atoms with Crippen LogP contribution in [0.25, 0.3) is 0 Å². The van der Waals surface area contributed by atoms with Crippen molar-refractivity contribution < 1.29 is 4.79 Å². The molecule has 7 heteroatoms. The molecular weight excluding hydrogens is 337 g/mol. The zero-order valence-electron chi connectivity index (χ0n) is 12.6. The highest BCUT2D eigenvalue weighted by atomic mass is 35.5. The lowest BCUT2D eigenvalue weighted by Gasteiger charge is -2.10. The number of hydrogen-bond acceptors (Lipinski definition) is 3. The van der Waals surface area contributed by atoms with Crippen molar-refractivity contribution >= 4 is 35.3 Å². The van der Waals surface area contributed by atoms with Crippen molar-refractivity contribution in [3.05, 3.63) is 68.1 Å². The summed E-state index contributed by atoms with van der Waals surface area (Å²) in [4.78, 5) is 24.3. The van der Waals surface area contributed by atoms with E-state index in [-0.39, 0.29) is 17.2 Å². The van der Waals surface area contributed by atoms with E-state index in [2.05, 4.69) is 10.5 Å². The zero-order valence-corrected chi connectivity index (χ0v) is 14.1. The molecule has 5 nitrogen and oxygen atoms in total. The van der Waals surface area contributed by atoms with Gasteiger partial charge in [0.2, 0.25) is 0 Å². The van der Waals surface area contributed by atoms with E-state index in [0.717, 1.165) is 0 Å². The van der Waals surface area contributed by atoms with E-state index in [4.69, 9.17) is 23.2 Å². The molecule has 23 heavy (non-hydrogen) atoms. The second-order valence-corrected chi connectivity index (χ2v) is 5.94. The van der Waals surface area contributed by atoms with Gasteiger partial charge in [0.05, 0.1) is 11.2 Å². The predicted molar refractivity (Wildman–Crippen MR) is 92.6 cm³/mol. The lowest BCUT2D eigenvalue weighted by atomic mass is 10.2. The number of amides is 1. The normalized spacial score (nSPS) is 11.2. The number of nitrogens with one attached hydrogen (secondary N) is 1. The second kappa shape index (κ2) is 7.44. The van der Waals surface area contributed by atoms with E-state index in [9.17, 15) is 9.59 Å². The summed E-state index contributed by atoms with van der Waals surface area (Å²) in [6.07, 6.45) is 3.03. The Morgan fingerprint density at radius 3 is 2.70 bits per heavy atom. The molecule has 0 aliphatic rings. The van der Waals surface area contributed by atoms with Crippen LogP contribution in [0.1, 0.15) is 35.8 Å². The third kappa shape index (κ3) is 4.21. The molecule has 0 bridgehead atoms. The van der Waals surface area contributed by atoms with Crippen LogP contribution in [0.3, 0.4) is 0 Å².